The molecular formula is C19H30N2. The van der Waals surface area contributed by atoms with Crippen LogP contribution in [0.5, 0.6) is 0 Å². The number of hydrogen-bond acceptors (Lipinski definition) is 2. The molecule has 1 atom stereocenters. The molecule has 1 unspecified atom stereocenters. The molecule has 1 aliphatic heterocycles. The SMILES string of the molecule is Cc1cccc(C)c1CC(N)C1(N2CCCC2)CCCC1. The monoisotopic (exact) mass is 286 g/mol. The van der Waals surface area contributed by atoms with Gasteiger partial charge in [0.2, 0.25) is 0 Å². The quantitative estimate of drug-likeness (QED) is 0.916. The molecule has 1 saturated carbocycles. The second-order valence-corrected chi connectivity index (χ2v) is 7.19. The van der Waals surface area contributed by atoms with E-state index in [1.165, 1.54) is 68.3 Å². The summed E-state index contributed by atoms with van der Waals surface area (Å²) in [5.74, 6) is 0. The van der Waals surface area contributed by atoms with Crippen molar-refractivity contribution in [2.45, 2.75) is 70.4 Å². The van der Waals surface area contributed by atoms with Crippen LogP contribution in [0.1, 0.15) is 55.2 Å². The molecule has 116 valence electrons. The Kier molecular flexibility index (Phi) is 4.37. The lowest BCUT2D eigenvalue weighted by atomic mass is 9.81. The highest BCUT2D eigenvalue weighted by Gasteiger charge is 2.45. The summed E-state index contributed by atoms with van der Waals surface area (Å²) in [5.41, 5.74) is 11.4. The molecule has 2 aliphatic rings. The van der Waals surface area contributed by atoms with Gasteiger partial charge in [0.05, 0.1) is 0 Å². The van der Waals surface area contributed by atoms with Crippen molar-refractivity contribution in [3.05, 3.63) is 34.9 Å². The Morgan fingerprint density at radius 3 is 2.19 bits per heavy atom. The molecule has 0 radical (unpaired) electrons. The Balaban J connectivity index is 1.83. The van der Waals surface area contributed by atoms with E-state index in [1.54, 1.807) is 0 Å². The summed E-state index contributed by atoms with van der Waals surface area (Å²) in [7, 11) is 0. The highest BCUT2D eigenvalue weighted by molar-refractivity contribution is 5.34. The Morgan fingerprint density at radius 1 is 1.05 bits per heavy atom. The Labute approximate surface area is 129 Å². The maximum atomic E-state index is 6.82. The molecule has 3 rings (SSSR count). The van der Waals surface area contributed by atoms with E-state index in [0.29, 0.717) is 0 Å². The molecule has 1 heterocycles. The van der Waals surface area contributed by atoms with Gasteiger partial charge in [-0.25, -0.2) is 0 Å². The van der Waals surface area contributed by atoms with Gasteiger partial charge in [-0.2, -0.15) is 0 Å². The molecule has 2 heteroatoms. The van der Waals surface area contributed by atoms with E-state index in [0.717, 1.165) is 6.42 Å². The predicted octanol–water partition coefficient (Wildman–Crippen LogP) is 3.58. The molecule has 2 nitrogen and oxygen atoms in total. The molecule has 1 aromatic rings. The fraction of sp³-hybridized carbons (Fsp3) is 0.684. The lowest BCUT2D eigenvalue weighted by Crippen LogP contribution is -2.58. The van der Waals surface area contributed by atoms with Gasteiger partial charge in [0.15, 0.2) is 0 Å². The van der Waals surface area contributed by atoms with E-state index in [9.17, 15) is 0 Å². The fourth-order valence-corrected chi connectivity index (χ4v) is 4.65. The predicted molar refractivity (Wildman–Crippen MR) is 89.6 cm³/mol. The summed E-state index contributed by atoms with van der Waals surface area (Å²) in [6.07, 6.45) is 9.08. The maximum Gasteiger partial charge on any atom is 0.0363 e. The highest BCUT2D eigenvalue weighted by Crippen LogP contribution is 2.40. The van der Waals surface area contributed by atoms with Crippen LogP contribution >= 0.6 is 0 Å². The maximum absolute atomic E-state index is 6.82. The Hall–Kier alpha value is -0.860. The molecule has 0 spiro atoms. The van der Waals surface area contributed by atoms with Crippen LogP contribution in [0.2, 0.25) is 0 Å². The molecule has 2 fully saturated rings. The third-order valence-corrected chi connectivity index (χ3v) is 5.96. The van der Waals surface area contributed by atoms with Crippen molar-refractivity contribution in [3.63, 3.8) is 0 Å². The van der Waals surface area contributed by atoms with Crippen molar-refractivity contribution in [1.29, 1.82) is 0 Å². The van der Waals surface area contributed by atoms with Gasteiger partial charge in [0.25, 0.3) is 0 Å². The molecule has 21 heavy (non-hydrogen) atoms. The van der Waals surface area contributed by atoms with E-state index in [-0.39, 0.29) is 11.6 Å². The van der Waals surface area contributed by atoms with Crippen LogP contribution in [-0.4, -0.2) is 29.6 Å². The summed E-state index contributed by atoms with van der Waals surface area (Å²) in [6.45, 7) is 6.99. The van der Waals surface area contributed by atoms with Gasteiger partial charge in [0.1, 0.15) is 0 Å². The molecule has 1 saturated heterocycles. The van der Waals surface area contributed by atoms with Crippen molar-refractivity contribution >= 4 is 0 Å². The van der Waals surface area contributed by atoms with E-state index < -0.39 is 0 Å². The minimum atomic E-state index is 0.276. The largest absolute Gasteiger partial charge is 0.326 e. The van der Waals surface area contributed by atoms with Gasteiger partial charge in [0, 0.05) is 11.6 Å². The fourth-order valence-electron chi connectivity index (χ4n) is 4.65. The molecule has 1 aliphatic carbocycles. The zero-order valence-corrected chi connectivity index (χ0v) is 13.7. The number of likely N-dealkylation sites (tertiary alicyclic amines) is 1. The summed E-state index contributed by atoms with van der Waals surface area (Å²) in [4.78, 5) is 2.73. The van der Waals surface area contributed by atoms with E-state index >= 15 is 0 Å². The Morgan fingerprint density at radius 2 is 1.62 bits per heavy atom. The van der Waals surface area contributed by atoms with Gasteiger partial charge >= 0.3 is 0 Å². The second kappa shape index (κ2) is 6.10. The van der Waals surface area contributed by atoms with E-state index in [1.807, 2.05) is 0 Å². The smallest absolute Gasteiger partial charge is 0.0363 e. The average molecular weight is 286 g/mol. The van der Waals surface area contributed by atoms with Crippen molar-refractivity contribution in [1.82, 2.24) is 4.90 Å². The van der Waals surface area contributed by atoms with Gasteiger partial charge in [-0.05, 0) is 75.7 Å². The molecular weight excluding hydrogens is 256 g/mol. The van der Waals surface area contributed by atoms with Crippen LogP contribution in [0.15, 0.2) is 18.2 Å². The number of nitrogens with two attached hydrogens (primary N) is 1. The molecule has 1 aromatic carbocycles. The third-order valence-electron chi connectivity index (χ3n) is 5.96. The summed E-state index contributed by atoms with van der Waals surface area (Å²) >= 11 is 0. The number of nitrogens with zero attached hydrogens (tertiary/aromatic N) is 1. The van der Waals surface area contributed by atoms with Crippen LogP contribution in [-0.2, 0) is 6.42 Å². The third kappa shape index (κ3) is 2.76. The topological polar surface area (TPSA) is 29.3 Å². The van der Waals surface area contributed by atoms with Gasteiger partial charge < -0.3 is 5.73 Å². The van der Waals surface area contributed by atoms with Crippen LogP contribution < -0.4 is 5.73 Å². The van der Waals surface area contributed by atoms with E-state index in [2.05, 4.69) is 36.9 Å². The van der Waals surface area contributed by atoms with Crippen molar-refractivity contribution in [2.75, 3.05) is 13.1 Å². The van der Waals surface area contributed by atoms with Gasteiger partial charge in [-0.1, -0.05) is 31.0 Å². The van der Waals surface area contributed by atoms with Crippen molar-refractivity contribution < 1.29 is 0 Å². The lowest BCUT2D eigenvalue weighted by Gasteiger charge is -2.44. The van der Waals surface area contributed by atoms with Gasteiger partial charge in [-0.15, -0.1) is 0 Å². The first-order valence-corrected chi connectivity index (χ1v) is 8.69. The number of aryl methyl sites for hydroxylation is 2. The Bertz CT molecular complexity index is 462. The zero-order chi connectivity index (χ0) is 14.9. The number of benzene rings is 1. The first-order valence-electron chi connectivity index (χ1n) is 8.69. The molecule has 0 aromatic heterocycles. The summed E-state index contributed by atoms with van der Waals surface area (Å²) < 4.78 is 0. The van der Waals surface area contributed by atoms with Crippen LogP contribution in [0.4, 0.5) is 0 Å². The van der Waals surface area contributed by atoms with Crippen LogP contribution in [0.25, 0.3) is 0 Å². The van der Waals surface area contributed by atoms with Crippen molar-refractivity contribution in [3.8, 4) is 0 Å². The van der Waals surface area contributed by atoms with Crippen molar-refractivity contribution in [2.24, 2.45) is 5.73 Å². The summed E-state index contributed by atoms with van der Waals surface area (Å²) in [6, 6.07) is 6.89. The highest BCUT2D eigenvalue weighted by atomic mass is 15.2. The lowest BCUT2D eigenvalue weighted by molar-refractivity contribution is 0.0920. The second-order valence-electron chi connectivity index (χ2n) is 7.19. The minimum absolute atomic E-state index is 0.276. The zero-order valence-electron chi connectivity index (χ0n) is 13.7. The van der Waals surface area contributed by atoms with Crippen LogP contribution in [0.3, 0.4) is 0 Å². The number of hydrogen-bond donors (Lipinski definition) is 1. The average Bonchev–Trinajstić information content (AvgIpc) is 3.13. The normalized spacial score (nSPS) is 23.6. The van der Waals surface area contributed by atoms with Crippen LogP contribution in [0, 0.1) is 13.8 Å². The minimum Gasteiger partial charge on any atom is -0.326 e. The first-order chi connectivity index (χ1) is 10.1. The standard InChI is InChI=1S/C19H30N2/c1-15-8-7-9-16(2)17(15)14-18(20)19(10-3-4-11-19)21-12-5-6-13-21/h7-9,18H,3-6,10-14,20H2,1-2H3. The van der Waals surface area contributed by atoms with Gasteiger partial charge in [-0.3, -0.25) is 4.90 Å². The first kappa shape index (κ1) is 15.1. The summed E-state index contributed by atoms with van der Waals surface area (Å²) in [5, 5.41) is 0. The molecule has 2 N–H and O–H groups in total. The van der Waals surface area contributed by atoms with E-state index in [4.69, 9.17) is 5.73 Å². The number of rotatable bonds is 4. The molecule has 0 amide bonds. The molecule has 0 bridgehead atoms.